The molecule has 1 amide bonds. The second-order valence-corrected chi connectivity index (χ2v) is 4.87. The summed E-state index contributed by atoms with van der Waals surface area (Å²) in [5.74, 6) is 0.870. The number of rotatable bonds is 7. The van der Waals surface area contributed by atoms with E-state index in [2.05, 4.69) is 15.5 Å². The van der Waals surface area contributed by atoms with E-state index in [1.807, 2.05) is 30.3 Å². The summed E-state index contributed by atoms with van der Waals surface area (Å²) in [5, 5.41) is 15.9. The van der Waals surface area contributed by atoms with Crippen LogP contribution in [0.15, 0.2) is 34.9 Å². The number of aryl methyl sites for hydroxylation is 2. The van der Waals surface area contributed by atoms with E-state index in [1.165, 1.54) is 0 Å². The van der Waals surface area contributed by atoms with Gasteiger partial charge >= 0.3 is 0 Å². The van der Waals surface area contributed by atoms with Crippen molar-refractivity contribution in [3.8, 4) is 0 Å². The summed E-state index contributed by atoms with van der Waals surface area (Å²) in [6.45, 7) is 1.63. The van der Waals surface area contributed by atoms with Gasteiger partial charge in [-0.05, 0) is 18.9 Å². The monoisotopic (exact) mass is 289 g/mol. The topological polar surface area (TPSA) is 88.2 Å². The third-order valence-corrected chi connectivity index (χ3v) is 3.05. The second-order valence-electron chi connectivity index (χ2n) is 4.87. The average Bonchev–Trinajstić information content (AvgIpc) is 2.91. The molecule has 1 heterocycles. The van der Waals surface area contributed by atoms with Crippen LogP contribution in [0.4, 0.5) is 0 Å². The van der Waals surface area contributed by atoms with Crippen molar-refractivity contribution in [2.45, 2.75) is 32.2 Å². The van der Waals surface area contributed by atoms with Crippen molar-refractivity contribution in [1.29, 1.82) is 0 Å². The van der Waals surface area contributed by atoms with Crippen LogP contribution in [0.3, 0.4) is 0 Å². The highest BCUT2D eigenvalue weighted by molar-refractivity contribution is 5.76. The molecule has 6 nitrogen and oxygen atoms in total. The van der Waals surface area contributed by atoms with E-state index >= 15 is 0 Å². The quantitative estimate of drug-likeness (QED) is 0.795. The maximum absolute atomic E-state index is 11.9. The smallest absolute Gasteiger partial charge is 0.227 e. The van der Waals surface area contributed by atoms with Gasteiger partial charge in [0.05, 0.1) is 12.6 Å². The molecule has 1 atom stereocenters. The minimum absolute atomic E-state index is 0.0969. The zero-order valence-electron chi connectivity index (χ0n) is 12.0. The molecule has 0 bridgehead atoms. The van der Waals surface area contributed by atoms with Gasteiger partial charge in [0.1, 0.15) is 0 Å². The summed E-state index contributed by atoms with van der Waals surface area (Å²) in [6.07, 6.45) is 1.26. The lowest BCUT2D eigenvalue weighted by atomic mass is 10.1. The van der Waals surface area contributed by atoms with Crippen LogP contribution < -0.4 is 5.32 Å². The molecule has 0 unspecified atom stereocenters. The van der Waals surface area contributed by atoms with E-state index in [-0.39, 0.29) is 25.0 Å². The van der Waals surface area contributed by atoms with Crippen LogP contribution >= 0.6 is 0 Å². The van der Waals surface area contributed by atoms with Crippen LogP contribution in [0, 0.1) is 6.92 Å². The minimum Gasteiger partial charge on any atom is -0.394 e. The number of aliphatic hydroxyl groups excluding tert-OH is 1. The van der Waals surface area contributed by atoms with Crippen molar-refractivity contribution in [1.82, 2.24) is 15.5 Å². The van der Waals surface area contributed by atoms with E-state index in [4.69, 9.17) is 4.52 Å². The van der Waals surface area contributed by atoms with Gasteiger partial charge < -0.3 is 14.9 Å². The van der Waals surface area contributed by atoms with Crippen molar-refractivity contribution in [3.05, 3.63) is 47.6 Å². The molecule has 0 spiro atoms. The van der Waals surface area contributed by atoms with Gasteiger partial charge in [0, 0.05) is 12.8 Å². The third kappa shape index (κ3) is 5.00. The molecule has 0 aliphatic heterocycles. The molecule has 0 fully saturated rings. The van der Waals surface area contributed by atoms with Crippen molar-refractivity contribution < 1.29 is 14.4 Å². The summed E-state index contributed by atoms with van der Waals surface area (Å²) >= 11 is 0. The standard InChI is InChI=1S/C15H19N3O3/c1-11-16-15(21-18-11)8-7-14(20)17-13(10-19)9-12-5-3-2-4-6-12/h2-6,13,19H,7-10H2,1H3,(H,17,20)/t13-/m0/s1. The molecule has 112 valence electrons. The molecule has 2 N–H and O–H groups in total. The van der Waals surface area contributed by atoms with Gasteiger partial charge in [-0.3, -0.25) is 4.79 Å². The number of carbonyl (C=O) groups excluding carboxylic acids is 1. The SMILES string of the molecule is Cc1noc(CCC(=O)N[C@H](CO)Cc2ccccc2)n1. The van der Waals surface area contributed by atoms with Crippen LogP contribution in [-0.4, -0.2) is 33.8 Å². The Morgan fingerprint density at radius 1 is 1.38 bits per heavy atom. The van der Waals surface area contributed by atoms with Gasteiger partial charge in [-0.25, -0.2) is 0 Å². The van der Waals surface area contributed by atoms with Crippen LogP contribution in [0.5, 0.6) is 0 Å². The summed E-state index contributed by atoms with van der Waals surface area (Å²) < 4.78 is 4.95. The third-order valence-electron chi connectivity index (χ3n) is 3.05. The van der Waals surface area contributed by atoms with Crippen molar-refractivity contribution in [2.24, 2.45) is 0 Å². The number of aromatic nitrogens is 2. The Labute approximate surface area is 123 Å². The van der Waals surface area contributed by atoms with Gasteiger partial charge in [0.15, 0.2) is 5.82 Å². The molecule has 2 rings (SSSR count). The number of hydrogen-bond acceptors (Lipinski definition) is 5. The molecule has 0 aliphatic rings. The Morgan fingerprint density at radius 2 is 2.14 bits per heavy atom. The Balaban J connectivity index is 1.79. The minimum atomic E-state index is -0.288. The first kappa shape index (κ1) is 15.2. The van der Waals surface area contributed by atoms with E-state index in [0.29, 0.717) is 24.6 Å². The summed E-state index contributed by atoms with van der Waals surface area (Å²) in [5.41, 5.74) is 1.07. The first-order valence-corrected chi connectivity index (χ1v) is 6.90. The second kappa shape index (κ2) is 7.54. The molecular formula is C15H19N3O3. The van der Waals surface area contributed by atoms with Gasteiger partial charge in [0.25, 0.3) is 0 Å². The lowest BCUT2D eigenvalue weighted by molar-refractivity contribution is -0.122. The van der Waals surface area contributed by atoms with Crippen LogP contribution in [0.25, 0.3) is 0 Å². The van der Waals surface area contributed by atoms with Crippen molar-refractivity contribution in [3.63, 3.8) is 0 Å². The number of nitrogens with zero attached hydrogens (tertiary/aromatic N) is 2. The molecule has 0 saturated heterocycles. The fourth-order valence-electron chi connectivity index (χ4n) is 2.02. The maximum Gasteiger partial charge on any atom is 0.227 e. The van der Waals surface area contributed by atoms with Crippen LogP contribution in [-0.2, 0) is 17.6 Å². The fourth-order valence-corrected chi connectivity index (χ4v) is 2.02. The predicted molar refractivity (Wildman–Crippen MR) is 76.5 cm³/mol. The first-order chi connectivity index (χ1) is 10.2. The zero-order valence-corrected chi connectivity index (χ0v) is 12.0. The number of amides is 1. The highest BCUT2D eigenvalue weighted by atomic mass is 16.5. The van der Waals surface area contributed by atoms with Gasteiger partial charge in [-0.2, -0.15) is 4.98 Å². The Morgan fingerprint density at radius 3 is 2.76 bits per heavy atom. The molecule has 0 radical (unpaired) electrons. The number of hydrogen-bond donors (Lipinski definition) is 2. The molecule has 1 aromatic carbocycles. The van der Waals surface area contributed by atoms with Gasteiger partial charge in [0.2, 0.25) is 11.8 Å². The highest BCUT2D eigenvalue weighted by Crippen LogP contribution is 2.04. The molecule has 0 aliphatic carbocycles. The molecule has 0 saturated carbocycles. The number of carbonyl (C=O) groups is 1. The Kier molecular flexibility index (Phi) is 5.45. The molecule has 21 heavy (non-hydrogen) atoms. The van der Waals surface area contributed by atoms with E-state index in [9.17, 15) is 9.90 Å². The summed E-state index contributed by atoms with van der Waals surface area (Å²) in [7, 11) is 0. The molecule has 1 aromatic heterocycles. The largest absolute Gasteiger partial charge is 0.394 e. The van der Waals surface area contributed by atoms with Crippen molar-refractivity contribution >= 4 is 5.91 Å². The van der Waals surface area contributed by atoms with Crippen molar-refractivity contribution in [2.75, 3.05) is 6.61 Å². The normalized spacial score (nSPS) is 12.1. The Bertz CT molecular complexity index is 569. The lowest BCUT2D eigenvalue weighted by Gasteiger charge is -2.16. The molecule has 6 heteroatoms. The van der Waals surface area contributed by atoms with E-state index < -0.39 is 0 Å². The van der Waals surface area contributed by atoms with Crippen LogP contribution in [0.1, 0.15) is 23.7 Å². The molecular weight excluding hydrogens is 270 g/mol. The number of nitrogens with one attached hydrogen (secondary N) is 1. The predicted octanol–water partition coefficient (Wildman–Crippen LogP) is 1.03. The van der Waals surface area contributed by atoms with Gasteiger partial charge in [-0.1, -0.05) is 35.5 Å². The van der Waals surface area contributed by atoms with Gasteiger partial charge in [-0.15, -0.1) is 0 Å². The Hall–Kier alpha value is -2.21. The van der Waals surface area contributed by atoms with Crippen LogP contribution in [0.2, 0.25) is 0 Å². The highest BCUT2D eigenvalue weighted by Gasteiger charge is 2.13. The maximum atomic E-state index is 11.9. The number of benzene rings is 1. The zero-order chi connectivity index (χ0) is 15.1. The summed E-state index contributed by atoms with van der Waals surface area (Å²) in [4.78, 5) is 15.9. The van der Waals surface area contributed by atoms with E-state index in [0.717, 1.165) is 5.56 Å². The first-order valence-electron chi connectivity index (χ1n) is 6.90. The lowest BCUT2D eigenvalue weighted by Crippen LogP contribution is -2.39. The average molecular weight is 289 g/mol. The van der Waals surface area contributed by atoms with E-state index in [1.54, 1.807) is 6.92 Å². The fraction of sp³-hybridized carbons (Fsp3) is 0.400. The number of aliphatic hydroxyl groups is 1. The molecule has 2 aromatic rings. The summed E-state index contributed by atoms with van der Waals surface area (Å²) in [6, 6.07) is 9.45.